The number of rotatable bonds is 7. The number of benzene rings is 3. The number of nitrogens with one attached hydrogen (secondary N) is 2. The Labute approximate surface area is 203 Å². The Hall–Kier alpha value is -3.77. The van der Waals surface area contributed by atoms with Gasteiger partial charge in [0.1, 0.15) is 0 Å². The summed E-state index contributed by atoms with van der Waals surface area (Å²) < 4.78 is 0. The van der Waals surface area contributed by atoms with Gasteiger partial charge in [0.05, 0.1) is 34.4 Å². The summed E-state index contributed by atoms with van der Waals surface area (Å²) in [5.74, 6) is -0.422. The van der Waals surface area contributed by atoms with E-state index in [4.69, 9.17) is 0 Å². The summed E-state index contributed by atoms with van der Waals surface area (Å²) in [5, 5.41) is 6.86. The molecule has 3 aromatic carbocycles. The van der Waals surface area contributed by atoms with Gasteiger partial charge in [-0.15, -0.1) is 11.3 Å². The summed E-state index contributed by atoms with van der Waals surface area (Å²) in [6.07, 6.45) is 0.186. The van der Waals surface area contributed by atoms with Crippen molar-refractivity contribution in [3.05, 3.63) is 105 Å². The Morgan fingerprint density at radius 1 is 0.912 bits per heavy atom. The molecule has 0 bridgehead atoms. The summed E-state index contributed by atoms with van der Waals surface area (Å²) in [7, 11) is 0. The number of thiazole rings is 1. The van der Waals surface area contributed by atoms with Crippen molar-refractivity contribution in [1.29, 1.82) is 0 Å². The first kappa shape index (κ1) is 23.4. The van der Waals surface area contributed by atoms with E-state index in [1.165, 1.54) is 16.9 Å². The standard InChI is InChI=1S/C28H27N3O2S/c1-18-13-15-22(16-14-18)27-25(34-20(3)30-27)17-26(32)31-24-12-8-7-11-23(24)28(33)29-19(2)21-9-5-4-6-10-21/h4-16,19H,17H2,1-3H3,(H,29,33)(H,31,32)/t19-/m1/s1. The van der Waals surface area contributed by atoms with Crippen LogP contribution in [0.5, 0.6) is 0 Å². The highest BCUT2D eigenvalue weighted by Gasteiger charge is 2.18. The van der Waals surface area contributed by atoms with E-state index in [0.717, 1.165) is 26.7 Å². The molecular weight excluding hydrogens is 442 g/mol. The number of para-hydroxylation sites is 1. The molecule has 0 saturated carbocycles. The van der Waals surface area contributed by atoms with Gasteiger partial charge in [0, 0.05) is 10.4 Å². The Kier molecular flexibility index (Phi) is 7.18. The third-order valence-corrected chi connectivity index (χ3v) is 6.51. The molecule has 0 spiro atoms. The zero-order valence-corrected chi connectivity index (χ0v) is 20.3. The van der Waals surface area contributed by atoms with E-state index in [2.05, 4.69) is 15.6 Å². The van der Waals surface area contributed by atoms with Crippen molar-refractivity contribution in [3.63, 3.8) is 0 Å². The number of carbonyl (C=O) groups excluding carboxylic acids is 2. The molecule has 2 amide bonds. The lowest BCUT2D eigenvalue weighted by Crippen LogP contribution is -2.28. The van der Waals surface area contributed by atoms with Crippen LogP contribution in [-0.2, 0) is 11.2 Å². The van der Waals surface area contributed by atoms with E-state index in [9.17, 15) is 9.59 Å². The van der Waals surface area contributed by atoms with Crippen molar-refractivity contribution >= 4 is 28.8 Å². The van der Waals surface area contributed by atoms with Crippen LogP contribution in [0.3, 0.4) is 0 Å². The molecule has 1 heterocycles. The number of hydrogen-bond donors (Lipinski definition) is 2. The molecule has 2 N–H and O–H groups in total. The largest absolute Gasteiger partial charge is 0.345 e. The molecule has 1 atom stereocenters. The van der Waals surface area contributed by atoms with Crippen LogP contribution in [-0.4, -0.2) is 16.8 Å². The minimum absolute atomic E-state index is 0.158. The molecule has 4 aromatic rings. The van der Waals surface area contributed by atoms with Gasteiger partial charge in [0.2, 0.25) is 5.91 Å². The molecule has 5 nitrogen and oxygen atoms in total. The van der Waals surface area contributed by atoms with Gasteiger partial charge < -0.3 is 10.6 Å². The molecule has 0 radical (unpaired) electrons. The fraction of sp³-hybridized carbons (Fsp3) is 0.179. The molecule has 0 unspecified atom stereocenters. The molecule has 1 aromatic heterocycles. The number of anilines is 1. The maximum atomic E-state index is 13.0. The van der Waals surface area contributed by atoms with Gasteiger partial charge in [0.25, 0.3) is 5.91 Å². The minimum Gasteiger partial charge on any atom is -0.345 e. The smallest absolute Gasteiger partial charge is 0.253 e. The van der Waals surface area contributed by atoms with E-state index in [0.29, 0.717) is 11.3 Å². The zero-order valence-electron chi connectivity index (χ0n) is 19.5. The van der Waals surface area contributed by atoms with Crippen molar-refractivity contribution in [2.75, 3.05) is 5.32 Å². The second-order valence-corrected chi connectivity index (χ2v) is 9.53. The monoisotopic (exact) mass is 469 g/mol. The van der Waals surface area contributed by atoms with E-state index >= 15 is 0 Å². The average Bonchev–Trinajstić information content (AvgIpc) is 3.20. The predicted molar refractivity (Wildman–Crippen MR) is 138 cm³/mol. The van der Waals surface area contributed by atoms with Crippen LogP contribution in [0.2, 0.25) is 0 Å². The third-order valence-electron chi connectivity index (χ3n) is 5.54. The van der Waals surface area contributed by atoms with Crippen molar-refractivity contribution in [1.82, 2.24) is 10.3 Å². The number of aromatic nitrogens is 1. The molecule has 4 rings (SSSR count). The maximum Gasteiger partial charge on any atom is 0.253 e. The van der Waals surface area contributed by atoms with Gasteiger partial charge in [-0.05, 0) is 38.5 Å². The SMILES string of the molecule is Cc1ccc(-c2nc(C)sc2CC(=O)Nc2ccccc2C(=O)N[C@H](C)c2ccccc2)cc1. The lowest BCUT2D eigenvalue weighted by atomic mass is 10.1. The van der Waals surface area contributed by atoms with Crippen LogP contribution < -0.4 is 10.6 Å². The highest BCUT2D eigenvalue weighted by molar-refractivity contribution is 7.12. The molecule has 0 saturated heterocycles. The minimum atomic E-state index is -0.235. The summed E-state index contributed by atoms with van der Waals surface area (Å²) >= 11 is 1.52. The predicted octanol–water partition coefficient (Wildman–Crippen LogP) is 6.10. The van der Waals surface area contributed by atoms with Gasteiger partial charge in [-0.3, -0.25) is 9.59 Å². The number of amides is 2. The van der Waals surface area contributed by atoms with Crippen molar-refractivity contribution in [2.45, 2.75) is 33.2 Å². The molecule has 34 heavy (non-hydrogen) atoms. The average molecular weight is 470 g/mol. The summed E-state index contributed by atoms with van der Waals surface area (Å²) in [5.41, 5.74) is 4.93. The first-order valence-electron chi connectivity index (χ1n) is 11.2. The zero-order chi connectivity index (χ0) is 24.1. The van der Waals surface area contributed by atoms with Crippen LogP contribution in [0.15, 0.2) is 78.9 Å². The fourth-order valence-corrected chi connectivity index (χ4v) is 4.71. The van der Waals surface area contributed by atoms with Crippen LogP contribution in [0.1, 0.15) is 44.3 Å². The van der Waals surface area contributed by atoms with Crippen LogP contribution >= 0.6 is 11.3 Å². The Bertz CT molecular complexity index is 1300. The second kappa shape index (κ2) is 10.4. The normalized spacial score (nSPS) is 11.6. The van der Waals surface area contributed by atoms with Gasteiger partial charge >= 0.3 is 0 Å². The van der Waals surface area contributed by atoms with Gasteiger partial charge in [-0.25, -0.2) is 4.98 Å². The third kappa shape index (κ3) is 5.58. The Morgan fingerprint density at radius 3 is 2.32 bits per heavy atom. The molecule has 172 valence electrons. The van der Waals surface area contributed by atoms with E-state index < -0.39 is 0 Å². The number of hydrogen-bond acceptors (Lipinski definition) is 4. The molecular formula is C28H27N3O2S. The highest BCUT2D eigenvalue weighted by Crippen LogP contribution is 2.29. The van der Waals surface area contributed by atoms with Gasteiger partial charge in [-0.2, -0.15) is 0 Å². The lowest BCUT2D eigenvalue weighted by molar-refractivity contribution is -0.115. The molecule has 0 aliphatic rings. The first-order valence-corrected chi connectivity index (χ1v) is 12.0. The van der Waals surface area contributed by atoms with Crippen LogP contribution in [0.4, 0.5) is 5.69 Å². The fourth-order valence-electron chi connectivity index (χ4n) is 3.76. The van der Waals surface area contributed by atoms with Gasteiger partial charge in [-0.1, -0.05) is 72.3 Å². The lowest BCUT2D eigenvalue weighted by Gasteiger charge is -2.16. The maximum absolute atomic E-state index is 13.0. The Morgan fingerprint density at radius 2 is 1.59 bits per heavy atom. The Balaban J connectivity index is 1.49. The van der Waals surface area contributed by atoms with Crippen LogP contribution in [0.25, 0.3) is 11.3 Å². The highest BCUT2D eigenvalue weighted by atomic mass is 32.1. The molecule has 6 heteroatoms. The molecule has 0 aliphatic heterocycles. The summed E-state index contributed by atoms with van der Waals surface area (Å²) in [6.45, 7) is 5.92. The molecule has 0 aliphatic carbocycles. The number of carbonyl (C=O) groups is 2. The van der Waals surface area contributed by atoms with Crippen LogP contribution in [0, 0.1) is 13.8 Å². The number of nitrogens with zero attached hydrogens (tertiary/aromatic N) is 1. The molecule has 0 fully saturated rings. The summed E-state index contributed by atoms with van der Waals surface area (Å²) in [4.78, 5) is 31.5. The quantitative estimate of drug-likeness (QED) is 0.344. The second-order valence-electron chi connectivity index (χ2n) is 8.25. The van der Waals surface area contributed by atoms with Crippen molar-refractivity contribution < 1.29 is 9.59 Å². The van der Waals surface area contributed by atoms with E-state index in [1.54, 1.807) is 18.2 Å². The first-order chi connectivity index (χ1) is 16.4. The van der Waals surface area contributed by atoms with Gasteiger partial charge in [0.15, 0.2) is 0 Å². The van der Waals surface area contributed by atoms with E-state index in [1.807, 2.05) is 81.4 Å². The van der Waals surface area contributed by atoms with Crippen molar-refractivity contribution in [3.8, 4) is 11.3 Å². The number of aryl methyl sites for hydroxylation is 2. The van der Waals surface area contributed by atoms with Crippen molar-refractivity contribution in [2.24, 2.45) is 0 Å². The topological polar surface area (TPSA) is 71.1 Å². The van der Waals surface area contributed by atoms with E-state index in [-0.39, 0.29) is 24.3 Å². The summed E-state index contributed by atoms with van der Waals surface area (Å²) in [6, 6.07) is 24.8.